The van der Waals surface area contributed by atoms with Gasteiger partial charge in [0.1, 0.15) is 0 Å². The summed E-state index contributed by atoms with van der Waals surface area (Å²) in [6.07, 6.45) is 23.5. The van der Waals surface area contributed by atoms with Crippen molar-refractivity contribution in [2.45, 2.75) is 160 Å². The van der Waals surface area contributed by atoms with Crippen LogP contribution in [0.1, 0.15) is 154 Å². The third-order valence-electron chi connectivity index (χ3n) is 14.6. The van der Waals surface area contributed by atoms with Crippen molar-refractivity contribution in [3.05, 3.63) is 0 Å². The molecular weight excluding hydrogens is 721 g/mol. The fourth-order valence-electron chi connectivity index (χ4n) is 11.7. The van der Waals surface area contributed by atoms with Gasteiger partial charge in [0.05, 0.1) is 23.7 Å². The molecule has 13 heteroatoms. The number of rotatable bonds is 4. The SMILES string of the molecule is O=C(O)C(F)(F)F.O=C(O)C1CC2CCCCC2C1.O=C(O)C1CC2CCCCC2C1.O=C(O)C1CC2CCCCC2C1.O=C(O)C1CC2CCCCC2C1. The maximum absolute atomic E-state index is 10.7. The molecule has 0 amide bonds. The molecule has 8 saturated carbocycles. The minimum absolute atomic E-state index is 0.0156. The van der Waals surface area contributed by atoms with Gasteiger partial charge in [-0.2, -0.15) is 13.2 Å². The lowest BCUT2D eigenvalue weighted by Gasteiger charge is -2.24. The number of carboxylic acids is 5. The third-order valence-corrected chi connectivity index (χ3v) is 14.6. The van der Waals surface area contributed by atoms with Gasteiger partial charge in [-0.3, -0.25) is 19.2 Å². The van der Waals surface area contributed by atoms with Crippen LogP contribution in [0.3, 0.4) is 0 Å². The van der Waals surface area contributed by atoms with Crippen LogP contribution in [0.25, 0.3) is 0 Å². The summed E-state index contributed by atoms with van der Waals surface area (Å²) in [6, 6.07) is 0. The van der Waals surface area contributed by atoms with Gasteiger partial charge in [0.2, 0.25) is 0 Å². The topological polar surface area (TPSA) is 186 Å². The van der Waals surface area contributed by atoms with Gasteiger partial charge < -0.3 is 25.5 Å². The molecule has 8 atom stereocenters. The Morgan fingerprint density at radius 2 is 0.455 bits per heavy atom. The first-order chi connectivity index (χ1) is 26.0. The molecule has 314 valence electrons. The maximum atomic E-state index is 10.7. The molecule has 0 aliphatic heterocycles. The molecule has 0 aromatic heterocycles. The largest absolute Gasteiger partial charge is 0.490 e. The van der Waals surface area contributed by atoms with Crippen molar-refractivity contribution in [1.29, 1.82) is 0 Å². The molecule has 5 N–H and O–H groups in total. The second-order valence-corrected chi connectivity index (χ2v) is 18.0. The normalized spacial score (nSPS) is 37.1. The monoisotopic (exact) mass is 786 g/mol. The predicted molar refractivity (Wildman–Crippen MR) is 197 cm³/mol. The molecule has 0 heterocycles. The molecule has 55 heavy (non-hydrogen) atoms. The maximum Gasteiger partial charge on any atom is 0.490 e. The zero-order valence-electron chi connectivity index (χ0n) is 32.3. The van der Waals surface area contributed by atoms with Gasteiger partial charge in [-0.25, -0.2) is 4.79 Å². The quantitative estimate of drug-likeness (QED) is 0.184. The van der Waals surface area contributed by atoms with Crippen LogP contribution in [0, 0.1) is 71.0 Å². The molecule has 0 aromatic rings. The number of hydrogen-bond acceptors (Lipinski definition) is 5. The van der Waals surface area contributed by atoms with E-state index < -0.39 is 36.0 Å². The lowest BCUT2D eigenvalue weighted by molar-refractivity contribution is -0.192. The highest BCUT2D eigenvalue weighted by atomic mass is 19.4. The van der Waals surface area contributed by atoms with Crippen LogP contribution in [0.15, 0.2) is 0 Å². The minimum Gasteiger partial charge on any atom is -0.481 e. The van der Waals surface area contributed by atoms with E-state index >= 15 is 0 Å². The summed E-state index contributed by atoms with van der Waals surface area (Å²) in [4.78, 5) is 51.9. The van der Waals surface area contributed by atoms with Crippen molar-refractivity contribution in [2.24, 2.45) is 71.0 Å². The number of carboxylic acid groups (broad SMARTS) is 5. The van der Waals surface area contributed by atoms with Crippen LogP contribution in [0.4, 0.5) is 13.2 Å². The van der Waals surface area contributed by atoms with E-state index in [2.05, 4.69) is 0 Å². The molecule has 8 unspecified atom stereocenters. The Bertz CT molecular complexity index is 1060. The van der Waals surface area contributed by atoms with E-state index in [1.54, 1.807) is 0 Å². The number of carbonyl (C=O) groups is 5. The van der Waals surface area contributed by atoms with Gasteiger partial charge in [0.25, 0.3) is 0 Å². The fourth-order valence-corrected chi connectivity index (χ4v) is 11.7. The van der Waals surface area contributed by atoms with Crippen molar-refractivity contribution in [2.75, 3.05) is 0 Å². The summed E-state index contributed by atoms with van der Waals surface area (Å²) in [7, 11) is 0. The van der Waals surface area contributed by atoms with E-state index in [-0.39, 0.29) is 23.7 Å². The molecule has 0 aromatic carbocycles. The predicted octanol–water partition coefficient (Wildman–Crippen LogP) is 9.78. The minimum atomic E-state index is -5.08. The lowest BCUT2D eigenvalue weighted by Crippen LogP contribution is -2.21. The van der Waals surface area contributed by atoms with Gasteiger partial charge in [0.15, 0.2) is 0 Å². The second kappa shape index (κ2) is 21.1. The zero-order valence-corrected chi connectivity index (χ0v) is 32.3. The Kier molecular flexibility index (Phi) is 17.2. The first-order valence-corrected chi connectivity index (χ1v) is 21.2. The van der Waals surface area contributed by atoms with E-state index in [0.717, 1.165) is 98.7 Å². The fraction of sp³-hybridized carbons (Fsp3) is 0.881. The highest BCUT2D eigenvalue weighted by Crippen LogP contribution is 2.47. The number of halogens is 3. The van der Waals surface area contributed by atoms with Crippen LogP contribution in [-0.4, -0.2) is 61.6 Å². The molecule has 0 spiro atoms. The van der Waals surface area contributed by atoms with Crippen LogP contribution in [0.2, 0.25) is 0 Å². The molecule has 0 bridgehead atoms. The third kappa shape index (κ3) is 13.6. The van der Waals surface area contributed by atoms with Crippen LogP contribution in [-0.2, 0) is 24.0 Å². The summed E-state index contributed by atoms with van der Waals surface area (Å²) in [6.45, 7) is 0. The van der Waals surface area contributed by atoms with Gasteiger partial charge in [-0.1, -0.05) is 103 Å². The first-order valence-electron chi connectivity index (χ1n) is 21.2. The van der Waals surface area contributed by atoms with Gasteiger partial charge in [-0.05, 0) is 98.7 Å². The van der Waals surface area contributed by atoms with E-state index in [4.69, 9.17) is 30.3 Å². The standard InChI is InChI=1S/4C10H16O2.C2HF3O2/c4*11-10(12)9-5-7-3-1-2-4-8(7)6-9;3-2(4,5)1(6)7/h4*7-9H,1-6H2,(H,11,12);(H,6,7). The molecule has 8 fully saturated rings. The summed E-state index contributed by atoms with van der Waals surface area (Å²) >= 11 is 0. The van der Waals surface area contributed by atoms with Crippen molar-refractivity contribution in [1.82, 2.24) is 0 Å². The second-order valence-electron chi connectivity index (χ2n) is 18.0. The Balaban J connectivity index is 0.000000155. The van der Waals surface area contributed by atoms with Crippen molar-refractivity contribution >= 4 is 29.8 Å². The van der Waals surface area contributed by atoms with E-state index in [0.29, 0.717) is 0 Å². The van der Waals surface area contributed by atoms with Crippen LogP contribution < -0.4 is 0 Å². The average Bonchev–Trinajstić information content (AvgIpc) is 3.96. The highest BCUT2D eigenvalue weighted by molar-refractivity contribution is 5.73. The van der Waals surface area contributed by atoms with Crippen LogP contribution >= 0.6 is 0 Å². The number of aliphatic carboxylic acids is 5. The van der Waals surface area contributed by atoms with Crippen molar-refractivity contribution in [3.8, 4) is 0 Å². The number of alkyl halides is 3. The van der Waals surface area contributed by atoms with Crippen molar-refractivity contribution in [3.63, 3.8) is 0 Å². The smallest absolute Gasteiger partial charge is 0.481 e. The molecule has 0 saturated heterocycles. The number of hydrogen-bond donors (Lipinski definition) is 5. The van der Waals surface area contributed by atoms with Gasteiger partial charge >= 0.3 is 36.0 Å². The summed E-state index contributed by atoms with van der Waals surface area (Å²) < 4.78 is 31.7. The van der Waals surface area contributed by atoms with Gasteiger partial charge in [-0.15, -0.1) is 0 Å². The first kappa shape index (κ1) is 44.8. The molecular formula is C42H65F3O10. The van der Waals surface area contributed by atoms with E-state index in [1.165, 1.54) is 103 Å². The summed E-state index contributed by atoms with van der Waals surface area (Å²) in [5, 5.41) is 42.6. The zero-order chi connectivity index (χ0) is 40.3. The summed E-state index contributed by atoms with van der Waals surface area (Å²) in [5.74, 6) is 0.918. The lowest BCUT2D eigenvalue weighted by atomic mass is 9.82. The molecule has 8 rings (SSSR count). The number of fused-ring (bicyclic) bond motifs is 4. The Hall–Kier alpha value is -2.86. The molecule has 0 radical (unpaired) electrons. The Labute approximate surface area is 323 Å². The molecule has 8 aliphatic carbocycles. The highest BCUT2D eigenvalue weighted by Gasteiger charge is 2.42. The average molecular weight is 787 g/mol. The van der Waals surface area contributed by atoms with E-state index in [1.807, 2.05) is 0 Å². The van der Waals surface area contributed by atoms with E-state index in [9.17, 15) is 32.3 Å². The molecule has 10 nitrogen and oxygen atoms in total. The van der Waals surface area contributed by atoms with Crippen LogP contribution in [0.5, 0.6) is 0 Å². The Morgan fingerprint density at radius 3 is 0.545 bits per heavy atom. The summed E-state index contributed by atoms with van der Waals surface area (Å²) in [5.41, 5.74) is 0. The Morgan fingerprint density at radius 1 is 0.327 bits per heavy atom. The molecule has 8 aliphatic rings. The van der Waals surface area contributed by atoms with Crippen molar-refractivity contribution < 1.29 is 62.7 Å². The van der Waals surface area contributed by atoms with Gasteiger partial charge in [0, 0.05) is 0 Å².